The van der Waals surface area contributed by atoms with Crippen LogP contribution in [-0.2, 0) is 4.79 Å². The maximum Gasteiger partial charge on any atom is 0.232 e. The van der Waals surface area contributed by atoms with E-state index in [9.17, 15) is 4.79 Å². The molecule has 1 fully saturated rings. The van der Waals surface area contributed by atoms with E-state index in [2.05, 4.69) is 0 Å². The zero-order valence-corrected chi connectivity index (χ0v) is 16.7. The number of piperidine rings is 1. The van der Waals surface area contributed by atoms with Crippen molar-refractivity contribution in [3.05, 3.63) is 41.4 Å². The van der Waals surface area contributed by atoms with Crippen molar-refractivity contribution in [1.82, 2.24) is 4.90 Å². The van der Waals surface area contributed by atoms with E-state index in [0.717, 1.165) is 46.6 Å². The van der Waals surface area contributed by atoms with E-state index in [1.54, 1.807) is 11.8 Å². The molecule has 2 N–H and O–H groups in total. The Morgan fingerprint density at radius 3 is 2.80 bits per heavy atom. The number of nitrogens with zero attached hydrogens (tertiary/aromatic N) is 1. The zero-order valence-electron chi connectivity index (χ0n) is 14.3. The Bertz CT molecular complexity index is 733. The van der Waals surface area contributed by atoms with Crippen molar-refractivity contribution < 1.29 is 4.79 Å². The van der Waals surface area contributed by atoms with Gasteiger partial charge < -0.3 is 10.6 Å². The molecule has 0 bridgehead atoms. The van der Waals surface area contributed by atoms with E-state index in [1.165, 1.54) is 0 Å². The summed E-state index contributed by atoms with van der Waals surface area (Å²) in [5.41, 5.74) is 6.02. The molecule has 2 aromatic carbocycles. The molecule has 2 aromatic rings. The van der Waals surface area contributed by atoms with Crippen molar-refractivity contribution >= 4 is 52.4 Å². The second-order valence-electron chi connectivity index (χ2n) is 6.48. The van der Waals surface area contributed by atoms with Crippen LogP contribution < -0.4 is 5.73 Å². The number of fused-ring (bicyclic) bond motifs is 1. The van der Waals surface area contributed by atoms with Gasteiger partial charge in [-0.15, -0.1) is 24.2 Å². The SMILES string of the molecule is CC(N)C1CCCN(C(=O)CSc2cccc3cccc(Cl)c23)C1.Cl. The predicted molar refractivity (Wildman–Crippen MR) is 110 cm³/mol. The van der Waals surface area contributed by atoms with Crippen LogP contribution in [0.15, 0.2) is 41.3 Å². The van der Waals surface area contributed by atoms with Gasteiger partial charge >= 0.3 is 0 Å². The molecule has 1 saturated heterocycles. The molecule has 1 amide bonds. The summed E-state index contributed by atoms with van der Waals surface area (Å²) in [5, 5.41) is 2.87. The molecule has 3 nitrogen and oxygen atoms in total. The Balaban J connectivity index is 0.00000225. The summed E-state index contributed by atoms with van der Waals surface area (Å²) < 4.78 is 0. The average Bonchev–Trinajstić information content (AvgIpc) is 2.60. The molecule has 0 aromatic heterocycles. The van der Waals surface area contributed by atoms with E-state index in [-0.39, 0.29) is 24.4 Å². The molecule has 25 heavy (non-hydrogen) atoms. The molecule has 0 spiro atoms. The Morgan fingerprint density at radius 2 is 2.08 bits per heavy atom. The lowest BCUT2D eigenvalue weighted by atomic mass is 9.92. The molecule has 3 rings (SSSR count). The van der Waals surface area contributed by atoms with Crippen LogP contribution >= 0.6 is 35.8 Å². The molecule has 2 unspecified atom stereocenters. The highest BCUT2D eigenvalue weighted by Gasteiger charge is 2.25. The van der Waals surface area contributed by atoms with Gasteiger partial charge in [-0.2, -0.15) is 0 Å². The third-order valence-corrected chi connectivity index (χ3v) is 6.08. The van der Waals surface area contributed by atoms with Gasteiger partial charge in [-0.1, -0.05) is 35.9 Å². The van der Waals surface area contributed by atoms with Crippen LogP contribution in [0.3, 0.4) is 0 Å². The Labute approximate surface area is 164 Å². The quantitative estimate of drug-likeness (QED) is 0.765. The Morgan fingerprint density at radius 1 is 1.36 bits per heavy atom. The number of carbonyl (C=O) groups excluding carboxylic acids is 1. The third-order valence-electron chi connectivity index (χ3n) is 4.72. The van der Waals surface area contributed by atoms with E-state index in [1.807, 2.05) is 48.2 Å². The minimum atomic E-state index is 0. The molecule has 0 radical (unpaired) electrons. The lowest BCUT2D eigenvalue weighted by Gasteiger charge is -2.34. The Hall–Kier alpha value is -0.940. The fourth-order valence-corrected chi connectivity index (χ4v) is 4.63. The molecular weight excluding hydrogens is 375 g/mol. The number of likely N-dealkylation sites (tertiary alicyclic amines) is 1. The maximum atomic E-state index is 12.6. The summed E-state index contributed by atoms with van der Waals surface area (Å²) in [6, 6.07) is 12.1. The van der Waals surface area contributed by atoms with E-state index < -0.39 is 0 Å². The fourth-order valence-electron chi connectivity index (χ4n) is 3.28. The highest BCUT2D eigenvalue weighted by Crippen LogP contribution is 2.33. The van der Waals surface area contributed by atoms with Crippen molar-refractivity contribution in [2.75, 3.05) is 18.8 Å². The first-order valence-electron chi connectivity index (χ1n) is 8.39. The van der Waals surface area contributed by atoms with Crippen molar-refractivity contribution in [3.8, 4) is 0 Å². The summed E-state index contributed by atoms with van der Waals surface area (Å²) in [6.07, 6.45) is 2.16. The fraction of sp³-hybridized carbons (Fsp3) is 0.421. The van der Waals surface area contributed by atoms with E-state index in [4.69, 9.17) is 17.3 Å². The average molecular weight is 399 g/mol. The highest BCUT2D eigenvalue weighted by atomic mass is 35.5. The number of thioether (sulfide) groups is 1. The van der Waals surface area contributed by atoms with Crippen LogP contribution in [0.2, 0.25) is 5.02 Å². The molecule has 0 aliphatic carbocycles. The molecule has 2 atom stereocenters. The summed E-state index contributed by atoms with van der Waals surface area (Å²) in [6.45, 7) is 3.66. The summed E-state index contributed by atoms with van der Waals surface area (Å²) in [7, 11) is 0. The van der Waals surface area contributed by atoms with Crippen LogP contribution in [-0.4, -0.2) is 35.7 Å². The number of halogens is 2. The zero-order chi connectivity index (χ0) is 17.1. The first kappa shape index (κ1) is 20.4. The smallest absolute Gasteiger partial charge is 0.232 e. The number of hydrogen-bond acceptors (Lipinski definition) is 3. The molecule has 136 valence electrons. The number of carbonyl (C=O) groups is 1. The summed E-state index contributed by atoms with van der Waals surface area (Å²) >= 11 is 7.93. The van der Waals surface area contributed by atoms with Crippen LogP contribution in [0, 0.1) is 5.92 Å². The van der Waals surface area contributed by atoms with Gasteiger partial charge in [-0.25, -0.2) is 0 Å². The topological polar surface area (TPSA) is 46.3 Å². The Kier molecular flexibility index (Phi) is 7.44. The van der Waals surface area contributed by atoms with Gasteiger partial charge in [0.1, 0.15) is 0 Å². The summed E-state index contributed by atoms with van der Waals surface area (Å²) in [4.78, 5) is 15.6. The second kappa shape index (κ2) is 9.13. The van der Waals surface area contributed by atoms with Crippen LogP contribution in [0.25, 0.3) is 10.8 Å². The molecular formula is C19H24Cl2N2OS. The van der Waals surface area contributed by atoms with Crippen LogP contribution in [0.1, 0.15) is 19.8 Å². The molecule has 1 aliphatic heterocycles. The third kappa shape index (κ3) is 4.82. The van der Waals surface area contributed by atoms with Gasteiger partial charge in [0.15, 0.2) is 0 Å². The van der Waals surface area contributed by atoms with Crippen molar-refractivity contribution in [2.24, 2.45) is 11.7 Å². The molecule has 0 saturated carbocycles. The minimum Gasteiger partial charge on any atom is -0.342 e. The number of amides is 1. The first-order chi connectivity index (χ1) is 11.6. The van der Waals surface area contributed by atoms with E-state index >= 15 is 0 Å². The standard InChI is InChI=1S/C19H23ClN2OS.ClH/c1-13(21)15-7-4-10-22(11-15)18(23)12-24-17-9-3-6-14-5-2-8-16(20)19(14)17;/h2-3,5-6,8-9,13,15H,4,7,10-12,21H2,1H3;1H. The van der Waals surface area contributed by atoms with Gasteiger partial charge in [-0.05, 0) is 43.2 Å². The predicted octanol–water partition coefficient (Wildman–Crippen LogP) is 4.59. The monoisotopic (exact) mass is 398 g/mol. The van der Waals surface area contributed by atoms with Gasteiger partial charge in [0.2, 0.25) is 5.91 Å². The number of hydrogen-bond donors (Lipinski definition) is 1. The second-order valence-corrected chi connectivity index (χ2v) is 7.91. The van der Waals surface area contributed by atoms with Crippen molar-refractivity contribution in [2.45, 2.75) is 30.7 Å². The van der Waals surface area contributed by atoms with Crippen molar-refractivity contribution in [3.63, 3.8) is 0 Å². The number of nitrogens with two attached hydrogens (primary N) is 1. The van der Waals surface area contributed by atoms with Crippen molar-refractivity contribution in [1.29, 1.82) is 0 Å². The van der Waals surface area contributed by atoms with Crippen LogP contribution in [0.4, 0.5) is 0 Å². The number of rotatable bonds is 4. The largest absolute Gasteiger partial charge is 0.342 e. The molecule has 1 aliphatic rings. The minimum absolute atomic E-state index is 0. The van der Waals surface area contributed by atoms with E-state index in [0.29, 0.717) is 11.7 Å². The summed E-state index contributed by atoms with van der Waals surface area (Å²) in [5.74, 6) is 1.05. The molecule has 6 heteroatoms. The first-order valence-corrected chi connectivity index (χ1v) is 9.76. The van der Waals surface area contributed by atoms with Crippen LogP contribution in [0.5, 0.6) is 0 Å². The lowest BCUT2D eigenvalue weighted by Crippen LogP contribution is -2.45. The van der Waals surface area contributed by atoms with Gasteiger partial charge in [0, 0.05) is 34.4 Å². The van der Waals surface area contributed by atoms with Gasteiger partial charge in [0.05, 0.1) is 5.75 Å². The van der Waals surface area contributed by atoms with Gasteiger partial charge in [0.25, 0.3) is 0 Å². The molecule has 1 heterocycles. The lowest BCUT2D eigenvalue weighted by molar-refractivity contribution is -0.130. The van der Waals surface area contributed by atoms with Gasteiger partial charge in [-0.3, -0.25) is 4.79 Å². The number of benzene rings is 2. The highest BCUT2D eigenvalue weighted by molar-refractivity contribution is 8.00. The maximum absolute atomic E-state index is 12.6. The normalized spacial score (nSPS) is 18.7.